The molecule has 0 bridgehead atoms. The van der Waals surface area contributed by atoms with E-state index in [1.807, 2.05) is 31.2 Å². The van der Waals surface area contributed by atoms with Gasteiger partial charge in [-0.3, -0.25) is 19.2 Å². The molecule has 3 rings (SSSR count). The zero-order valence-corrected chi connectivity index (χ0v) is 16.5. The standard InChI is InChI=1S/C20H26N2O6/c1-14-4-6-15(7-5-14)28-13-18(24)21-10-8-20(9-11-21)16(19(25)26-2)12-17(23)22(20)27-3/h4-7,16H,8-13H2,1-3H3. The first-order valence-corrected chi connectivity index (χ1v) is 9.33. The highest BCUT2D eigenvalue weighted by Gasteiger charge is 2.58. The number of esters is 1. The molecule has 8 nitrogen and oxygen atoms in total. The van der Waals surface area contributed by atoms with E-state index in [-0.39, 0.29) is 24.8 Å². The van der Waals surface area contributed by atoms with E-state index >= 15 is 0 Å². The molecule has 1 atom stereocenters. The van der Waals surface area contributed by atoms with Gasteiger partial charge in [0, 0.05) is 19.5 Å². The van der Waals surface area contributed by atoms with Crippen LogP contribution < -0.4 is 4.74 Å². The topological polar surface area (TPSA) is 85.4 Å². The summed E-state index contributed by atoms with van der Waals surface area (Å²) in [5.41, 5.74) is 0.349. The zero-order valence-electron chi connectivity index (χ0n) is 16.5. The van der Waals surface area contributed by atoms with Crippen molar-refractivity contribution in [3.63, 3.8) is 0 Å². The maximum atomic E-state index is 12.5. The van der Waals surface area contributed by atoms with Crippen LogP contribution in [0.5, 0.6) is 5.75 Å². The lowest BCUT2D eigenvalue weighted by atomic mass is 9.77. The van der Waals surface area contributed by atoms with Gasteiger partial charge in [-0.05, 0) is 31.9 Å². The van der Waals surface area contributed by atoms with Crippen molar-refractivity contribution < 1.29 is 28.7 Å². The Balaban J connectivity index is 1.63. The van der Waals surface area contributed by atoms with Crippen LogP contribution in [-0.2, 0) is 24.0 Å². The van der Waals surface area contributed by atoms with Gasteiger partial charge in [0.25, 0.3) is 5.91 Å². The van der Waals surface area contributed by atoms with Gasteiger partial charge in [0.15, 0.2) is 6.61 Å². The Morgan fingerprint density at radius 3 is 2.36 bits per heavy atom. The molecule has 8 heteroatoms. The zero-order chi connectivity index (χ0) is 20.3. The minimum atomic E-state index is -0.770. The van der Waals surface area contributed by atoms with Crippen molar-refractivity contribution in [1.29, 1.82) is 0 Å². The van der Waals surface area contributed by atoms with E-state index in [2.05, 4.69) is 0 Å². The number of benzene rings is 1. The Labute approximate surface area is 164 Å². The van der Waals surface area contributed by atoms with Gasteiger partial charge in [0.2, 0.25) is 5.91 Å². The molecule has 0 aliphatic carbocycles. The second-order valence-electron chi connectivity index (χ2n) is 7.24. The van der Waals surface area contributed by atoms with Crippen LogP contribution in [0.2, 0.25) is 0 Å². The molecule has 0 saturated carbocycles. The Hall–Kier alpha value is -2.61. The van der Waals surface area contributed by atoms with E-state index in [0.717, 1.165) is 5.56 Å². The molecule has 0 N–H and O–H groups in total. The van der Waals surface area contributed by atoms with Gasteiger partial charge in [-0.1, -0.05) is 17.7 Å². The summed E-state index contributed by atoms with van der Waals surface area (Å²) < 4.78 is 10.5. The molecule has 2 fully saturated rings. The molecule has 152 valence electrons. The van der Waals surface area contributed by atoms with E-state index in [0.29, 0.717) is 31.7 Å². The van der Waals surface area contributed by atoms with E-state index in [1.165, 1.54) is 19.3 Å². The summed E-state index contributed by atoms with van der Waals surface area (Å²) >= 11 is 0. The first kappa shape index (κ1) is 20.1. The largest absolute Gasteiger partial charge is 0.484 e. The number of carbonyl (C=O) groups excluding carboxylic acids is 3. The molecule has 0 aromatic heterocycles. The Bertz CT molecular complexity index is 738. The molecule has 28 heavy (non-hydrogen) atoms. The van der Waals surface area contributed by atoms with Crippen LogP contribution in [0.4, 0.5) is 0 Å². The minimum absolute atomic E-state index is 0.0522. The first-order chi connectivity index (χ1) is 13.4. The predicted molar refractivity (Wildman–Crippen MR) is 99.2 cm³/mol. The normalized spacial score (nSPS) is 21.1. The summed E-state index contributed by atoms with van der Waals surface area (Å²) in [6.07, 6.45) is 0.955. The van der Waals surface area contributed by atoms with Crippen LogP contribution in [0.15, 0.2) is 24.3 Å². The molecular weight excluding hydrogens is 364 g/mol. The lowest BCUT2D eigenvalue weighted by molar-refractivity contribution is -0.210. The summed E-state index contributed by atoms with van der Waals surface area (Å²) in [5.74, 6) is -0.731. The van der Waals surface area contributed by atoms with E-state index in [4.69, 9.17) is 14.3 Å². The number of ether oxygens (including phenoxy) is 2. The number of rotatable bonds is 5. The molecule has 2 saturated heterocycles. The van der Waals surface area contributed by atoms with Gasteiger partial charge in [-0.2, -0.15) is 0 Å². The number of amides is 2. The quantitative estimate of drug-likeness (QED) is 0.705. The van der Waals surface area contributed by atoms with Crippen LogP contribution in [-0.4, -0.2) is 67.2 Å². The van der Waals surface area contributed by atoms with Crippen LogP contribution in [0.25, 0.3) is 0 Å². The molecule has 1 aromatic carbocycles. The number of methoxy groups -OCH3 is 1. The average Bonchev–Trinajstić information content (AvgIpc) is 2.98. The molecule has 1 unspecified atom stereocenters. The summed E-state index contributed by atoms with van der Waals surface area (Å²) in [5, 5.41) is 1.30. The fraction of sp³-hybridized carbons (Fsp3) is 0.550. The van der Waals surface area contributed by atoms with Crippen molar-refractivity contribution in [1.82, 2.24) is 9.96 Å². The predicted octanol–water partition coefficient (Wildman–Crippen LogP) is 1.32. The number of aryl methyl sites for hydroxylation is 1. The summed E-state index contributed by atoms with van der Waals surface area (Å²) in [4.78, 5) is 44.1. The number of hydrogen-bond donors (Lipinski definition) is 0. The van der Waals surface area contributed by atoms with Gasteiger partial charge in [-0.25, -0.2) is 5.06 Å². The highest BCUT2D eigenvalue weighted by molar-refractivity contribution is 5.88. The smallest absolute Gasteiger partial charge is 0.311 e. The number of nitrogens with zero attached hydrogens (tertiary/aromatic N) is 2. The number of hydroxylamine groups is 2. The fourth-order valence-electron chi connectivity index (χ4n) is 4.13. The highest BCUT2D eigenvalue weighted by Crippen LogP contribution is 2.44. The van der Waals surface area contributed by atoms with Gasteiger partial charge < -0.3 is 14.4 Å². The molecular formula is C20H26N2O6. The second-order valence-corrected chi connectivity index (χ2v) is 7.24. The van der Waals surface area contributed by atoms with Gasteiger partial charge in [0.1, 0.15) is 5.75 Å². The Kier molecular flexibility index (Phi) is 5.88. The molecule has 2 aliphatic rings. The van der Waals surface area contributed by atoms with E-state index in [1.54, 1.807) is 4.90 Å². The maximum Gasteiger partial charge on any atom is 0.311 e. The lowest BCUT2D eigenvalue weighted by Crippen LogP contribution is -2.58. The number of hydrogen-bond acceptors (Lipinski definition) is 6. The third-order valence-electron chi connectivity index (χ3n) is 5.69. The number of piperidine rings is 1. The van der Waals surface area contributed by atoms with Crippen LogP contribution >= 0.6 is 0 Å². The van der Waals surface area contributed by atoms with E-state index < -0.39 is 17.4 Å². The maximum absolute atomic E-state index is 12.5. The Morgan fingerprint density at radius 2 is 1.79 bits per heavy atom. The third kappa shape index (κ3) is 3.69. The van der Waals surface area contributed by atoms with Crippen molar-refractivity contribution in [2.45, 2.75) is 31.7 Å². The van der Waals surface area contributed by atoms with Gasteiger partial charge in [0.05, 0.1) is 25.7 Å². The van der Waals surface area contributed by atoms with Crippen molar-refractivity contribution >= 4 is 17.8 Å². The van der Waals surface area contributed by atoms with Crippen molar-refractivity contribution in [2.75, 3.05) is 33.9 Å². The highest BCUT2D eigenvalue weighted by atomic mass is 16.7. The summed E-state index contributed by atoms with van der Waals surface area (Å²) in [7, 11) is 2.74. The second kappa shape index (κ2) is 8.18. The summed E-state index contributed by atoms with van der Waals surface area (Å²) in [6, 6.07) is 7.51. The van der Waals surface area contributed by atoms with E-state index in [9.17, 15) is 14.4 Å². The van der Waals surface area contributed by atoms with Gasteiger partial charge >= 0.3 is 5.97 Å². The van der Waals surface area contributed by atoms with Crippen LogP contribution in [0.3, 0.4) is 0 Å². The van der Waals surface area contributed by atoms with Crippen molar-refractivity contribution in [2.24, 2.45) is 5.92 Å². The number of carbonyl (C=O) groups is 3. The molecule has 1 aromatic rings. The average molecular weight is 390 g/mol. The monoisotopic (exact) mass is 390 g/mol. The third-order valence-corrected chi connectivity index (χ3v) is 5.69. The molecule has 2 heterocycles. The molecule has 1 spiro atoms. The number of likely N-dealkylation sites (tertiary alicyclic amines) is 1. The first-order valence-electron chi connectivity index (χ1n) is 9.33. The van der Waals surface area contributed by atoms with Crippen LogP contribution in [0.1, 0.15) is 24.8 Å². The molecule has 2 aliphatic heterocycles. The summed E-state index contributed by atoms with van der Waals surface area (Å²) in [6.45, 7) is 2.76. The minimum Gasteiger partial charge on any atom is -0.484 e. The molecule has 0 radical (unpaired) electrons. The lowest BCUT2D eigenvalue weighted by Gasteiger charge is -2.45. The van der Waals surface area contributed by atoms with Crippen molar-refractivity contribution in [3.05, 3.63) is 29.8 Å². The Morgan fingerprint density at radius 1 is 1.14 bits per heavy atom. The van der Waals surface area contributed by atoms with Gasteiger partial charge in [-0.15, -0.1) is 0 Å². The van der Waals surface area contributed by atoms with Crippen LogP contribution in [0, 0.1) is 12.8 Å². The molecule has 2 amide bonds. The fourth-order valence-corrected chi connectivity index (χ4v) is 4.13. The SMILES string of the molecule is COC(=O)C1CC(=O)N(OC)C12CCN(C(=O)COc1ccc(C)cc1)CC2. The van der Waals surface area contributed by atoms with Crippen molar-refractivity contribution in [3.8, 4) is 5.75 Å².